The number of halogens is 4. The minimum atomic E-state index is -4.57. The smallest absolute Gasteiger partial charge is 0.422 e. The third-order valence-electron chi connectivity index (χ3n) is 2.68. The second kappa shape index (κ2) is 8.59. The number of hydrogen-bond donors (Lipinski definition) is 2. The fraction of sp³-hybridized carbons (Fsp3) is 0.462. The zero-order chi connectivity index (χ0) is 19.3. The van der Waals surface area contributed by atoms with E-state index in [1.807, 2.05) is 0 Å². The van der Waals surface area contributed by atoms with E-state index in [0.717, 1.165) is 12.3 Å². The van der Waals surface area contributed by atoms with Crippen LogP contribution in [0.5, 0.6) is 5.75 Å². The monoisotopic (exact) mass is 401 g/mol. The Morgan fingerprint density at radius 3 is 2.72 bits per heavy atom. The molecule has 1 rings (SSSR count). The zero-order valence-electron chi connectivity index (χ0n) is 13.1. The van der Waals surface area contributed by atoms with Crippen molar-refractivity contribution in [3.8, 4) is 5.75 Å². The van der Waals surface area contributed by atoms with E-state index in [9.17, 15) is 22.2 Å². The molecule has 140 valence electrons. The largest absolute Gasteiger partial charge is 0.482 e. The third kappa shape index (κ3) is 7.36. The van der Waals surface area contributed by atoms with Crippen LogP contribution in [-0.4, -0.2) is 57.0 Å². The van der Waals surface area contributed by atoms with Crippen molar-refractivity contribution in [3.05, 3.63) is 23.0 Å². The predicted molar refractivity (Wildman–Crippen MR) is 86.7 cm³/mol. The van der Waals surface area contributed by atoms with Crippen molar-refractivity contribution < 1.29 is 31.5 Å². The number of carbonyl (C=O) groups is 1. The summed E-state index contributed by atoms with van der Waals surface area (Å²) in [5, 5.41) is 2.24. The Bertz CT molecular complexity index is 687. The highest BCUT2D eigenvalue weighted by molar-refractivity contribution is 7.79. The van der Waals surface area contributed by atoms with Crippen molar-refractivity contribution in [1.82, 2.24) is 10.3 Å². The van der Waals surface area contributed by atoms with Crippen molar-refractivity contribution in [3.63, 3.8) is 0 Å². The molecule has 0 bridgehead atoms. The number of alkyl halides is 3. The van der Waals surface area contributed by atoms with Crippen LogP contribution in [0.1, 0.15) is 17.4 Å². The number of aliphatic imine (C=N–C) groups is 1. The molecule has 0 aliphatic carbocycles. The first-order valence-corrected chi connectivity index (χ1v) is 8.29. The summed E-state index contributed by atoms with van der Waals surface area (Å²) in [7, 11) is 1.41. The third-order valence-corrected chi connectivity index (χ3v) is 3.81. The number of rotatable bonds is 7. The predicted octanol–water partition coefficient (Wildman–Crippen LogP) is 2.09. The van der Waals surface area contributed by atoms with Gasteiger partial charge in [-0.05, 0) is 6.92 Å². The lowest BCUT2D eigenvalue weighted by Gasteiger charge is -2.24. The summed E-state index contributed by atoms with van der Waals surface area (Å²) in [6, 6.07) is 0.947. The summed E-state index contributed by atoms with van der Waals surface area (Å²) in [5.74, 6) is -1.52. The maximum absolute atomic E-state index is 12.2. The lowest BCUT2D eigenvalue weighted by Crippen LogP contribution is -2.51. The molecule has 0 aliphatic rings. The number of pyridine rings is 1. The number of ether oxygens (including phenoxy) is 1. The lowest BCUT2D eigenvalue weighted by atomic mass is 10.1. The number of carbonyl (C=O) groups excluding carboxylic acids is 1. The van der Waals surface area contributed by atoms with Crippen molar-refractivity contribution in [1.29, 1.82) is 0 Å². The Morgan fingerprint density at radius 1 is 1.56 bits per heavy atom. The van der Waals surface area contributed by atoms with Crippen LogP contribution < -0.4 is 10.1 Å². The van der Waals surface area contributed by atoms with Crippen LogP contribution in [0.25, 0.3) is 0 Å². The minimum Gasteiger partial charge on any atom is -0.482 e. The SMILES string of the molecule is CN=CC(C)(CS(=O)O)NC(=O)c1cc(OCC(F)(F)F)c(Cl)cn1. The quantitative estimate of drug-likeness (QED) is 0.538. The Labute approximate surface area is 148 Å². The van der Waals surface area contributed by atoms with Gasteiger partial charge < -0.3 is 14.6 Å². The van der Waals surface area contributed by atoms with Gasteiger partial charge in [0.1, 0.15) is 16.5 Å². The van der Waals surface area contributed by atoms with Gasteiger partial charge in [0, 0.05) is 19.3 Å². The standard InChI is InChI=1S/C13H15ClF3N3O4S/c1-12(5-18-2,7-25(22)23)20-11(21)9-3-10(8(14)4-19-9)24-6-13(15,16)17/h3-5H,6-7H2,1-2H3,(H,20,21)(H,22,23). The zero-order valence-corrected chi connectivity index (χ0v) is 14.7. The van der Waals surface area contributed by atoms with Gasteiger partial charge in [-0.2, -0.15) is 13.2 Å². The number of nitrogens with zero attached hydrogens (tertiary/aromatic N) is 2. The highest BCUT2D eigenvalue weighted by Crippen LogP contribution is 2.26. The summed E-state index contributed by atoms with van der Waals surface area (Å²) in [6.07, 6.45) is -2.34. The molecule has 12 heteroatoms. The summed E-state index contributed by atoms with van der Waals surface area (Å²) in [6.45, 7) is -0.134. The van der Waals surface area contributed by atoms with Crippen molar-refractivity contribution in [2.45, 2.75) is 18.6 Å². The normalized spacial score (nSPS) is 15.6. The fourth-order valence-electron chi connectivity index (χ4n) is 1.79. The Balaban J connectivity index is 2.99. The Hall–Kier alpha value is -1.72. The molecule has 0 saturated heterocycles. The van der Waals surface area contributed by atoms with Gasteiger partial charge in [-0.3, -0.25) is 9.79 Å². The van der Waals surface area contributed by atoms with E-state index < -0.39 is 35.3 Å². The molecule has 1 amide bonds. The lowest BCUT2D eigenvalue weighted by molar-refractivity contribution is -0.153. The van der Waals surface area contributed by atoms with Crippen LogP contribution in [-0.2, 0) is 11.1 Å². The maximum atomic E-state index is 12.2. The average molecular weight is 402 g/mol. The number of aromatic nitrogens is 1. The van der Waals surface area contributed by atoms with Crippen LogP contribution in [0, 0.1) is 0 Å². The van der Waals surface area contributed by atoms with E-state index in [1.165, 1.54) is 20.2 Å². The number of nitrogens with one attached hydrogen (secondary N) is 1. The van der Waals surface area contributed by atoms with Crippen LogP contribution in [0.3, 0.4) is 0 Å². The first kappa shape index (κ1) is 21.3. The van der Waals surface area contributed by atoms with Gasteiger partial charge in [-0.15, -0.1) is 0 Å². The van der Waals surface area contributed by atoms with Gasteiger partial charge in [-0.1, -0.05) is 11.6 Å². The van der Waals surface area contributed by atoms with Gasteiger partial charge >= 0.3 is 6.18 Å². The van der Waals surface area contributed by atoms with E-state index in [1.54, 1.807) is 0 Å². The highest BCUT2D eigenvalue weighted by atomic mass is 35.5. The maximum Gasteiger partial charge on any atom is 0.422 e. The van der Waals surface area contributed by atoms with Crippen molar-refractivity contribution >= 4 is 34.8 Å². The van der Waals surface area contributed by atoms with E-state index in [2.05, 4.69) is 20.0 Å². The molecular weight excluding hydrogens is 387 g/mol. The number of hydrogen-bond acceptors (Lipinski definition) is 5. The number of amides is 1. The van der Waals surface area contributed by atoms with E-state index >= 15 is 0 Å². The average Bonchev–Trinajstić information content (AvgIpc) is 2.44. The molecule has 1 aromatic rings. The van der Waals surface area contributed by atoms with Crippen molar-refractivity contribution in [2.24, 2.45) is 4.99 Å². The molecule has 0 aromatic carbocycles. The molecule has 0 spiro atoms. The van der Waals surface area contributed by atoms with Crippen LogP contribution >= 0.6 is 11.6 Å². The summed E-state index contributed by atoms with van der Waals surface area (Å²) in [5.41, 5.74) is -1.54. The van der Waals surface area contributed by atoms with Crippen molar-refractivity contribution in [2.75, 3.05) is 19.4 Å². The highest BCUT2D eigenvalue weighted by Gasteiger charge is 2.30. The van der Waals surface area contributed by atoms with Crippen LogP contribution in [0.15, 0.2) is 17.3 Å². The van der Waals surface area contributed by atoms with Gasteiger partial charge in [-0.25, -0.2) is 9.19 Å². The molecule has 1 aromatic heterocycles. The molecule has 0 fully saturated rings. The van der Waals surface area contributed by atoms with Crippen LogP contribution in [0.4, 0.5) is 13.2 Å². The second-order valence-electron chi connectivity index (χ2n) is 5.13. The molecule has 0 saturated carbocycles. The van der Waals surface area contributed by atoms with Gasteiger partial charge in [0.25, 0.3) is 5.91 Å². The Morgan fingerprint density at radius 2 is 2.20 bits per heavy atom. The first-order valence-electron chi connectivity index (χ1n) is 6.64. The van der Waals surface area contributed by atoms with E-state index in [4.69, 9.17) is 16.2 Å². The molecule has 2 unspecified atom stereocenters. The van der Waals surface area contributed by atoms with Crippen LogP contribution in [0.2, 0.25) is 5.02 Å². The molecule has 7 nitrogen and oxygen atoms in total. The summed E-state index contributed by atoms with van der Waals surface area (Å²) < 4.78 is 61.3. The summed E-state index contributed by atoms with van der Waals surface area (Å²) >= 11 is 3.47. The molecule has 0 radical (unpaired) electrons. The Kier molecular flexibility index (Phi) is 7.32. The fourth-order valence-corrected chi connectivity index (χ4v) is 2.60. The van der Waals surface area contributed by atoms with Gasteiger partial charge in [0.2, 0.25) is 0 Å². The minimum absolute atomic E-state index is 0.199. The summed E-state index contributed by atoms with van der Waals surface area (Å²) in [4.78, 5) is 19.7. The topological polar surface area (TPSA) is 101 Å². The molecule has 2 N–H and O–H groups in total. The van der Waals surface area contributed by atoms with Gasteiger partial charge in [0.15, 0.2) is 17.7 Å². The molecular formula is C13H15ClF3N3O4S. The second-order valence-corrected chi connectivity index (χ2v) is 6.47. The molecule has 1 heterocycles. The molecule has 0 aliphatic heterocycles. The first-order chi connectivity index (χ1) is 11.5. The molecule has 2 atom stereocenters. The van der Waals surface area contributed by atoms with E-state index in [0.29, 0.717) is 0 Å². The van der Waals surface area contributed by atoms with Gasteiger partial charge in [0.05, 0.1) is 17.5 Å². The van der Waals surface area contributed by atoms with E-state index in [-0.39, 0.29) is 22.2 Å². The molecule has 25 heavy (non-hydrogen) atoms.